The zero-order valence-electron chi connectivity index (χ0n) is 18.5. The summed E-state index contributed by atoms with van der Waals surface area (Å²) in [4.78, 5) is 40.8. The number of benzene rings is 2. The average molecular weight is 440 g/mol. The first-order valence-corrected chi connectivity index (χ1v) is 11.1. The van der Waals surface area contributed by atoms with Gasteiger partial charge in [-0.15, -0.1) is 0 Å². The summed E-state index contributed by atoms with van der Waals surface area (Å²) in [6.45, 7) is 4.58. The molecular formula is C25H30FN3O3. The Hall–Kier alpha value is -3.06. The van der Waals surface area contributed by atoms with Crippen molar-refractivity contribution in [2.24, 2.45) is 0 Å². The van der Waals surface area contributed by atoms with Crippen molar-refractivity contribution in [2.45, 2.75) is 32.6 Å². The van der Waals surface area contributed by atoms with Crippen LogP contribution in [0.25, 0.3) is 0 Å². The molecule has 0 saturated carbocycles. The standard InChI is InChI=1S/C25H30FN3O3/c1-2-3-19-4-6-20(7-5-19)23(30)12-13-25(32)29-16-14-28(15-17-29)18-24(31)27-22-10-8-21(26)9-11-22/h4-11H,2-3,12-18H2,1H3,(H,27,31). The minimum Gasteiger partial charge on any atom is -0.340 e. The number of anilines is 1. The van der Waals surface area contributed by atoms with Gasteiger partial charge < -0.3 is 10.2 Å². The third-order valence-electron chi connectivity index (χ3n) is 5.60. The molecule has 0 radical (unpaired) electrons. The Morgan fingerprint density at radius 2 is 1.56 bits per heavy atom. The van der Waals surface area contributed by atoms with E-state index in [-0.39, 0.29) is 42.8 Å². The van der Waals surface area contributed by atoms with Crippen molar-refractivity contribution in [1.29, 1.82) is 0 Å². The Labute approximate surface area is 188 Å². The molecule has 1 N–H and O–H groups in total. The number of nitrogens with one attached hydrogen (secondary N) is 1. The maximum Gasteiger partial charge on any atom is 0.238 e. The van der Waals surface area contributed by atoms with Crippen molar-refractivity contribution in [2.75, 3.05) is 38.0 Å². The number of halogens is 1. The van der Waals surface area contributed by atoms with Gasteiger partial charge in [-0.3, -0.25) is 19.3 Å². The van der Waals surface area contributed by atoms with E-state index in [0.29, 0.717) is 37.4 Å². The molecule has 1 fully saturated rings. The summed E-state index contributed by atoms with van der Waals surface area (Å²) in [6.07, 6.45) is 2.45. The molecule has 0 unspecified atom stereocenters. The predicted octanol–water partition coefficient (Wildman–Crippen LogP) is 3.52. The second-order valence-corrected chi connectivity index (χ2v) is 8.08. The SMILES string of the molecule is CCCc1ccc(C(=O)CCC(=O)N2CCN(CC(=O)Nc3ccc(F)cc3)CC2)cc1. The molecule has 0 aromatic heterocycles. The molecule has 0 atom stereocenters. The Balaban J connectivity index is 1.37. The van der Waals surface area contributed by atoms with Crippen LogP contribution in [0.2, 0.25) is 0 Å². The summed E-state index contributed by atoms with van der Waals surface area (Å²) in [5.41, 5.74) is 2.41. The van der Waals surface area contributed by atoms with Crippen LogP contribution in [0.1, 0.15) is 42.1 Å². The fourth-order valence-electron chi connectivity index (χ4n) is 3.76. The molecular weight excluding hydrogens is 409 g/mol. The molecule has 1 heterocycles. The molecule has 1 saturated heterocycles. The highest BCUT2D eigenvalue weighted by molar-refractivity contribution is 5.98. The highest BCUT2D eigenvalue weighted by Crippen LogP contribution is 2.12. The number of rotatable bonds is 9. The first kappa shape index (κ1) is 23.6. The molecule has 7 heteroatoms. The van der Waals surface area contributed by atoms with Crippen molar-refractivity contribution < 1.29 is 18.8 Å². The zero-order chi connectivity index (χ0) is 22.9. The molecule has 6 nitrogen and oxygen atoms in total. The van der Waals surface area contributed by atoms with Crippen LogP contribution in [0.3, 0.4) is 0 Å². The number of hydrogen-bond acceptors (Lipinski definition) is 4. The molecule has 2 amide bonds. The molecule has 1 aliphatic rings. The van der Waals surface area contributed by atoms with Crippen LogP contribution in [0.5, 0.6) is 0 Å². The largest absolute Gasteiger partial charge is 0.340 e. The number of nitrogens with zero attached hydrogens (tertiary/aromatic N) is 2. The van der Waals surface area contributed by atoms with Crippen molar-refractivity contribution in [3.63, 3.8) is 0 Å². The smallest absolute Gasteiger partial charge is 0.238 e. The Bertz CT molecular complexity index is 920. The third kappa shape index (κ3) is 6.99. The zero-order valence-corrected chi connectivity index (χ0v) is 18.5. The van der Waals surface area contributed by atoms with Crippen molar-refractivity contribution >= 4 is 23.3 Å². The van der Waals surface area contributed by atoms with E-state index >= 15 is 0 Å². The summed E-state index contributed by atoms with van der Waals surface area (Å²) >= 11 is 0. The Morgan fingerprint density at radius 1 is 0.906 bits per heavy atom. The van der Waals surface area contributed by atoms with Gasteiger partial charge in [0, 0.05) is 50.3 Å². The van der Waals surface area contributed by atoms with Gasteiger partial charge in [-0.25, -0.2) is 4.39 Å². The third-order valence-corrected chi connectivity index (χ3v) is 5.60. The molecule has 32 heavy (non-hydrogen) atoms. The summed E-state index contributed by atoms with van der Waals surface area (Å²) in [7, 11) is 0. The van der Waals surface area contributed by atoms with Gasteiger partial charge in [0.15, 0.2) is 5.78 Å². The van der Waals surface area contributed by atoms with E-state index in [4.69, 9.17) is 0 Å². The van der Waals surface area contributed by atoms with E-state index in [1.807, 2.05) is 29.2 Å². The topological polar surface area (TPSA) is 69.7 Å². The van der Waals surface area contributed by atoms with Gasteiger partial charge in [-0.1, -0.05) is 37.6 Å². The number of carbonyl (C=O) groups excluding carboxylic acids is 3. The second kappa shape index (κ2) is 11.5. The molecule has 3 rings (SSSR count). The second-order valence-electron chi connectivity index (χ2n) is 8.08. The lowest BCUT2D eigenvalue weighted by molar-refractivity contribution is -0.133. The monoisotopic (exact) mass is 439 g/mol. The lowest BCUT2D eigenvalue weighted by Gasteiger charge is -2.34. The summed E-state index contributed by atoms with van der Waals surface area (Å²) in [5.74, 6) is -0.573. The molecule has 0 aliphatic carbocycles. The molecule has 0 spiro atoms. The summed E-state index contributed by atoms with van der Waals surface area (Å²) in [6, 6.07) is 13.3. The molecule has 0 bridgehead atoms. The van der Waals surface area contributed by atoms with Crippen LogP contribution in [-0.2, 0) is 16.0 Å². The minimum absolute atomic E-state index is 0.0162. The lowest BCUT2D eigenvalue weighted by Crippen LogP contribution is -2.50. The van der Waals surface area contributed by atoms with Gasteiger partial charge >= 0.3 is 0 Å². The van der Waals surface area contributed by atoms with E-state index in [1.165, 1.54) is 29.8 Å². The van der Waals surface area contributed by atoms with Crippen molar-refractivity contribution in [1.82, 2.24) is 9.80 Å². The number of carbonyl (C=O) groups is 3. The highest BCUT2D eigenvalue weighted by Gasteiger charge is 2.23. The van der Waals surface area contributed by atoms with E-state index in [9.17, 15) is 18.8 Å². The summed E-state index contributed by atoms with van der Waals surface area (Å²) < 4.78 is 13.0. The molecule has 2 aromatic carbocycles. The van der Waals surface area contributed by atoms with Crippen LogP contribution < -0.4 is 5.32 Å². The van der Waals surface area contributed by atoms with E-state index in [0.717, 1.165) is 12.8 Å². The number of piperazine rings is 1. The van der Waals surface area contributed by atoms with E-state index in [2.05, 4.69) is 12.2 Å². The number of hydrogen-bond donors (Lipinski definition) is 1. The van der Waals surface area contributed by atoms with Crippen molar-refractivity contribution in [3.8, 4) is 0 Å². The molecule has 2 aromatic rings. The number of amides is 2. The lowest BCUT2D eigenvalue weighted by atomic mass is 10.0. The first-order valence-electron chi connectivity index (χ1n) is 11.1. The first-order chi connectivity index (χ1) is 15.4. The fourth-order valence-corrected chi connectivity index (χ4v) is 3.76. The molecule has 170 valence electrons. The highest BCUT2D eigenvalue weighted by atomic mass is 19.1. The maximum atomic E-state index is 13.0. The number of aryl methyl sites for hydroxylation is 1. The van der Waals surface area contributed by atoms with Gasteiger partial charge in [-0.05, 0) is 36.2 Å². The van der Waals surface area contributed by atoms with Crippen molar-refractivity contribution in [3.05, 3.63) is 65.5 Å². The summed E-state index contributed by atoms with van der Waals surface area (Å²) in [5, 5.41) is 2.74. The average Bonchev–Trinajstić information content (AvgIpc) is 2.80. The van der Waals surface area contributed by atoms with Gasteiger partial charge in [0.1, 0.15) is 5.82 Å². The van der Waals surface area contributed by atoms with Gasteiger partial charge in [0.2, 0.25) is 11.8 Å². The van der Waals surface area contributed by atoms with E-state index < -0.39 is 0 Å². The Kier molecular flexibility index (Phi) is 8.50. The quantitative estimate of drug-likeness (QED) is 0.607. The fraction of sp³-hybridized carbons (Fsp3) is 0.400. The minimum atomic E-state index is -0.352. The maximum absolute atomic E-state index is 13.0. The van der Waals surface area contributed by atoms with Crippen LogP contribution in [0.4, 0.5) is 10.1 Å². The number of Topliss-reactive ketones (excluding diaryl/α,β-unsaturated/α-hetero) is 1. The van der Waals surface area contributed by atoms with Crippen LogP contribution >= 0.6 is 0 Å². The predicted molar refractivity (Wildman–Crippen MR) is 122 cm³/mol. The van der Waals surface area contributed by atoms with Crippen LogP contribution in [-0.4, -0.2) is 60.1 Å². The van der Waals surface area contributed by atoms with Gasteiger partial charge in [0.25, 0.3) is 0 Å². The Morgan fingerprint density at radius 3 is 2.19 bits per heavy atom. The van der Waals surface area contributed by atoms with Crippen LogP contribution in [0.15, 0.2) is 48.5 Å². The number of ketones is 1. The van der Waals surface area contributed by atoms with Crippen LogP contribution in [0, 0.1) is 5.82 Å². The molecule has 1 aliphatic heterocycles. The normalized spacial score (nSPS) is 14.2. The van der Waals surface area contributed by atoms with Gasteiger partial charge in [-0.2, -0.15) is 0 Å². The van der Waals surface area contributed by atoms with E-state index in [1.54, 1.807) is 4.90 Å². The van der Waals surface area contributed by atoms with Gasteiger partial charge in [0.05, 0.1) is 6.54 Å².